The van der Waals surface area contributed by atoms with Gasteiger partial charge in [0.25, 0.3) is 0 Å². The molecule has 3 N–H and O–H groups in total. The van der Waals surface area contributed by atoms with Gasteiger partial charge in [0.05, 0.1) is 17.6 Å². The minimum atomic E-state index is -3.60. The van der Waals surface area contributed by atoms with E-state index >= 15 is 0 Å². The first-order valence-electron chi connectivity index (χ1n) is 6.70. The first kappa shape index (κ1) is 16.7. The molecule has 0 aliphatic carbocycles. The Hall–Kier alpha value is -0.700. The van der Waals surface area contributed by atoms with Crippen molar-refractivity contribution in [1.29, 1.82) is 0 Å². The Bertz CT molecular complexity index is 594. The van der Waals surface area contributed by atoms with E-state index in [2.05, 4.69) is 9.62 Å². The topological polar surface area (TPSA) is 84.7 Å². The average Bonchev–Trinajstić information content (AvgIpc) is 2.45. The van der Waals surface area contributed by atoms with Crippen molar-refractivity contribution in [3.8, 4) is 0 Å². The van der Waals surface area contributed by atoms with Crippen LogP contribution in [0.25, 0.3) is 0 Å². The molecule has 0 radical (unpaired) electrons. The second-order valence-electron chi connectivity index (χ2n) is 5.06. The van der Waals surface area contributed by atoms with Gasteiger partial charge in [0, 0.05) is 31.2 Å². The van der Waals surface area contributed by atoms with Crippen molar-refractivity contribution in [2.24, 2.45) is 5.73 Å². The van der Waals surface area contributed by atoms with Crippen molar-refractivity contribution in [2.45, 2.75) is 17.5 Å². The third-order valence-electron chi connectivity index (χ3n) is 3.40. The van der Waals surface area contributed by atoms with Gasteiger partial charge in [-0.1, -0.05) is 17.7 Å². The summed E-state index contributed by atoms with van der Waals surface area (Å²) in [6.45, 7) is 2.69. The van der Waals surface area contributed by atoms with Crippen LogP contribution in [-0.4, -0.2) is 52.7 Å². The van der Waals surface area contributed by atoms with E-state index in [0.29, 0.717) is 23.7 Å². The number of sulfonamides is 1. The number of ether oxygens (including phenoxy) is 1. The maximum Gasteiger partial charge on any atom is 0.240 e. The largest absolute Gasteiger partial charge is 0.374 e. The lowest BCUT2D eigenvalue weighted by atomic mass is 10.2. The molecule has 21 heavy (non-hydrogen) atoms. The maximum atomic E-state index is 12.2. The monoisotopic (exact) mass is 333 g/mol. The van der Waals surface area contributed by atoms with Gasteiger partial charge >= 0.3 is 0 Å². The van der Waals surface area contributed by atoms with Crippen LogP contribution in [-0.2, 0) is 21.3 Å². The molecule has 0 amide bonds. The molecule has 1 atom stereocenters. The van der Waals surface area contributed by atoms with E-state index < -0.39 is 10.0 Å². The molecule has 2 rings (SSSR count). The molecule has 0 spiro atoms. The van der Waals surface area contributed by atoms with Crippen LogP contribution in [0.4, 0.5) is 0 Å². The molecule has 1 saturated heterocycles. The molecule has 118 valence electrons. The zero-order valence-corrected chi connectivity index (χ0v) is 13.5. The molecule has 0 bridgehead atoms. The highest BCUT2D eigenvalue weighted by Crippen LogP contribution is 2.20. The van der Waals surface area contributed by atoms with E-state index in [1.165, 1.54) is 12.1 Å². The number of hydrogen-bond acceptors (Lipinski definition) is 5. The summed E-state index contributed by atoms with van der Waals surface area (Å²) in [6, 6.07) is 4.55. The number of morpholine rings is 1. The fraction of sp³-hybridized carbons (Fsp3) is 0.538. The van der Waals surface area contributed by atoms with Gasteiger partial charge in [0.1, 0.15) is 0 Å². The van der Waals surface area contributed by atoms with Gasteiger partial charge in [-0.2, -0.15) is 0 Å². The molecule has 8 heteroatoms. The number of nitrogens with two attached hydrogens (primary N) is 1. The minimum Gasteiger partial charge on any atom is -0.374 e. The van der Waals surface area contributed by atoms with E-state index in [9.17, 15) is 8.42 Å². The number of hydrogen-bond donors (Lipinski definition) is 2. The smallest absolute Gasteiger partial charge is 0.240 e. The molecule has 0 saturated carbocycles. The Balaban J connectivity index is 2.02. The van der Waals surface area contributed by atoms with Crippen LogP contribution in [0.3, 0.4) is 0 Å². The first-order valence-corrected chi connectivity index (χ1v) is 8.57. The molecule has 1 fully saturated rings. The summed E-state index contributed by atoms with van der Waals surface area (Å²) >= 11 is 6.00. The summed E-state index contributed by atoms with van der Waals surface area (Å²) in [6.07, 6.45) is -0.141. The summed E-state index contributed by atoms with van der Waals surface area (Å²) in [4.78, 5) is 2.24. The van der Waals surface area contributed by atoms with E-state index in [1.807, 2.05) is 7.05 Å². The molecule has 1 unspecified atom stereocenters. The zero-order chi connectivity index (χ0) is 15.5. The quantitative estimate of drug-likeness (QED) is 0.815. The Kier molecular flexibility index (Phi) is 5.59. The minimum absolute atomic E-state index is 0.133. The number of nitrogens with zero attached hydrogens (tertiary/aromatic N) is 1. The molecule has 1 heterocycles. The highest BCUT2D eigenvalue weighted by Gasteiger charge is 2.21. The highest BCUT2D eigenvalue weighted by molar-refractivity contribution is 7.89. The predicted octanol–water partition coefficient (Wildman–Crippen LogP) is 0.408. The van der Waals surface area contributed by atoms with Crippen LogP contribution in [0.5, 0.6) is 0 Å². The number of benzene rings is 1. The Morgan fingerprint density at radius 3 is 2.90 bits per heavy atom. The van der Waals surface area contributed by atoms with Crippen LogP contribution in [0.1, 0.15) is 5.56 Å². The lowest BCUT2D eigenvalue weighted by molar-refractivity contribution is -0.0156. The van der Waals surface area contributed by atoms with Crippen LogP contribution in [0, 0.1) is 0 Å². The summed E-state index contributed by atoms with van der Waals surface area (Å²) in [5.74, 6) is 0. The van der Waals surface area contributed by atoms with Gasteiger partial charge in [0.15, 0.2) is 0 Å². The first-order chi connectivity index (χ1) is 9.92. The fourth-order valence-electron chi connectivity index (χ4n) is 2.14. The van der Waals surface area contributed by atoms with Crippen molar-refractivity contribution in [3.63, 3.8) is 0 Å². The molecule has 1 aliphatic rings. The average molecular weight is 334 g/mol. The molecule has 6 nitrogen and oxygen atoms in total. The molecule has 1 aromatic rings. The molecular weight excluding hydrogens is 314 g/mol. The second kappa shape index (κ2) is 7.04. The summed E-state index contributed by atoms with van der Waals surface area (Å²) in [5.41, 5.74) is 6.22. The Morgan fingerprint density at radius 2 is 2.29 bits per heavy atom. The van der Waals surface area contributed by atoms with Crippen molar-refractivity contribution in [1.82, 2.24) is 9.62 Å². The van der Waals surface area contributed by atoms with E-state index in [1.54, 1.807) is 6.07 Å². The summed E-state index contributed by atoms with van der Waals surface area (Å²) in [5, 5.41) is 0.356. The molecule has 0 aromatic heterocycles. The second-order valence-corrected chi connectivity index (χ2v) is 7.24. The van der Waals surface area contributed by atoms with Gasteiger partial charge in [0.2, 0.25) is 10.0 Å². The van der Waals surface area contributed by atoms with Gasteiger partial charge in [-0.05, 0) is 24.7 Å². The summed E-state index contributed by atoms with van der Waals surface area (Å²) < 4.78 is 32.6. The summed E-state index contributed by atoms with van der Waals surface area (Å²) in [7, 11) is -1.62. The number of rotatable bonds is 5. The Morgan fingerprint density at radius 1 is 1.52 bits per heavy atom. The van der Waals surface area contributed by atoms with Gasteiger partial charge in [-0.25, -0.2) is 13.1 Å². The fourth-order valence-corrected chi connectivity index (χ4v) is 3.55. The van der Waals surface area contributed by atoms with Gasteiger partial charge < -0.3 is 15.4 Å². The zero-order valence-electron chi connectivity index (χ0n) is 11.9. The van der Waals surface area contributed by atoms with Crippen LogP contribution in [0.15, 0.2) is 23.1 Å². The SMILES string of the molecule is CN1CCOC(CNS(=O)(=O)c2ccc(CN)c(Cl)c2)C1. The predicted molar refractivity (Wildman–Crippen MR) is 81.8 cm³/mol. The number of nitrogens with one attached hydrogen (secondary N) is 1. The van der Waals surface area contributed by atoms with Gasteiger partial charge in [-0.3, -0.25) is 0 Å². The third-order valence-corrected chi connectivity index (χ3v) is 5.17. The molecule has 1 aromatic carbocycles. The Labute approximate surface area is 130 Å². The van der Waals surface area contributed by atoms with Crippen molar-refractivity contribution < 1.29 is 13.2 Å². The molecule has 1 aliphatic heterocycles. The lowest BCUT2D eigenvalue weighted by Crippen LogP contribution is -2.45. The van der Waals surface area contributed by atoms with Crippen LogP contribution in [0.2, 0.25) is 5.02 Å². The highest BCUT2D eigenvalue weighted by atomic mass is 35.5. The maximum absolute atomic E-state index is 12.2. The number of halogens is 1. The van der Waals surface area contributed by atoms with E-state index in [4.69, 9.17) is 22.1 Å². The van der Waals surface area contributed by atoms with E-state index in [0.717, 1.165) is 6.54 Å². The van der Waals surface area contributed by atoms with Crippen molar-refractivity contribution in [3.05, 3.63) is 28.8 Å². The normalized spacial score (nSPS) is 20.6. The third kappa shape index (κ3) is 4.38. The lowest BCUT2D eigenvalue weighted by Gasteiger charge is -2.30. The van der Waals surface area contributed by atoms with Crippen molar-refractivity contribution in [2.75, 3.05) is 33.3 Å². The van der Waals surface area contributed by atoms with Gasteiger partial charge in [-0.15, -0.1) is 0 Å². The van der Waals surface area contributed by atoms with Crippen molar-refractivity contribution >= 4 is 21.6 Å². The van der Waals surface area contributed by atoms with Crippen LogP contribution < -0.4 is 10.5 Å². The standard InChI is InChI=1S/C13H20ClN3O3S/c1-17-4-5-20-11(9-17)8-16-21(18,19)12-3-2-10(7-15)13(14)6-12/h2-3,6,11,16H,4-5,7-9,15H2,1H3. The molecular formula is C13H20ClN3O3S. The van der Waals surface area contributed by atoms with Crippen LogP contribution >= 0.6 is 11.6 Å². The van der Waals surface area contributed by atoms with E-state index in [-0.39, 0.29) is 24.1 Å². The number of likely N-dealkylation sites (N-methyl/N-ethyl adjacent to an activating group) is 1.